The minimum atomic E-state index is -1.27. The molecule has 2 heterocycles. The first-order valence-electron chi connectivity index (χ1n) is 11.0. The smallest absolute Gasteiger partial charge is 0.240 e. The van der Waals surface area contributed by atoms with E-state index in [9.17, 15) is 14.4 Å². The highest BCUT2D eigenvalue weighted by atomic mass is 35.5. The van der Waals surface area contributed by atoms with Gasteiger partial charge in [0.2, 0.25) is 17.7 Å². The van der Waals surface area contributed by atoms with Gasteiger partial charge in [0.15, 0.2) is 0 Å². The summed E-state index contributed by atoms with van der Waals surface area (Å²) in [7, 11) is 3.25. The van der Waals surface area contributed by atoms with Crippen molar-refractivity contribution >= 4 is 29.3 Å². The maximum absolute atomic E-state index is 13.6. The average molecular weight is 466 g/mol. The Labute approximate surface area is 194 Å². The standard InChI is InChI=1S/C23H32ClN3O5/c1-31-14-5-8-27-21(29)17-23(22(27)30,18-6-3-4-7-19(18)24)16-20(28)26-11-9-25(10-12-26)13-15-32-2/h3-4,6-7H,5,8-17H2,1-2H3. The highest BCUT2D eigenvalue weighted by molar-refractivity contribution is 6.32. The monoisotopic (exact) mass is 465 g/mol. The molecule has 2 aliphatic heterocycles. The molecule has 0 aromatic heterocycles. The Kier molecular flexibility index (Phi) is 8.64. The molecule has 3 rings (SSSR count). The topological polar surface area (TPSA) is 79.4 Å². The maximum atomic E-state index is 13.6. The van der Waals surface area contributed by atoms with Crippen LogP contribution in [0.5, 0.6) is 0 Å². The normalized spacial score (nSPS) is 22.1. The van der Waals surface area contributed by atoms with Gasteiger partial charge >= 0.3 is 0 Å². The fourth-order valence-corrected chi connectivity index (χ4v) is 4.81. The highest BCUT2D eigenvalue weighted by Gasteiger charge is 2.54. The summed E-state index contributed by atoms with van der Waals surface area (Å²) in [5.74, 6) is -0.752. The van der Waals surface area contributed by atoms with E-state index >= 15 is 0 Å². The van der Waals surface area contributed by atoms with Crippen molar-refractivity contribution in [1.82, 2.24) is 14.7 Å². The molecular weight excluding hydrogens is 434 g/mol. The van der Waals surface area contributed by atoms with Crippen LogP contribution in [0.2, 0.25) is 5.02 Å². The lowest BCUT2D eigenvalue weighted by Crippen LogP contribution is -2.51. The molecular formula is C23H32ClN3O5. The maximum Gasteiger partial charge on any atom is 0.240 e. The van der Waals surface area contributed by atoms with Crippen LogP contribution in [0.3, 0.4) is 0 Å². The quantitative estimate of drug-likeness (QED) is 0.385. The van der Waals surface area contributed by atoms with Gasteiger partial charge in [-0.05, 0) is 18.1 Å². The molecule has 0 spiro atoms. The number of amides is 3. The fraction of sp³-hybridized carbons (Fsp3) is 0.609. The van der Waals surface area contributed by atoms with E-state index in [1.54, 1.807) is 43.4 Å². The summed E-state index contributed by atoms with van der Waals surface area (Å²) < 4.78 is 10.2. The van der Waals surface area contributed by atoms with Gasteiger partial charge < -0.3 is 14.4 Å². The third-order valence-electron chi connectivity index (χ3n) is 6.32. The van der Waals surface area contributed by atoms with Gasteiger partial charge in [0.1, 0.15) is 0 Å². The van der Waals surface area contributed by atoms with E-state index in [1.165, 1.54) is 4.90 Å². The third kappa shape index (κ3) is 5.31. The largest absolute Gasteiger partial charge is 0.385 e. The van der Waals surface area contributed by atoms with Crippen molar-refractivity contribution in [2.45, 2.75) is 24.7 Å². The first-order chi connectivity index (χ1) is 15.4. The number of likely N-dealkylation sites (tertiary alicyclic amines) is 1. The molecule has 1 aromatic rings. The van der Waals surface area contributed by atoms with Crippen LogP contribution in [0, 0.1) is 0 Å². The van der Waals surface area contributed by atoms with Crippen molar-refractivity contribution in [2.75, 3.05) is 66.7 Å². The van der Waals surface area contributed by atoms with Gasteiger partial charge in [-0.1, -0.05) is 29.8 Å². The lowest BCUT2D eigenvalue weighted by atomic mass is 9.75. The van der Waals surface area contributed by atoms with E-state index in [0.717, 1.165) is 19.6 Å². The first kappa shape index (κ1) is 24.6. The summed E-state index contributed by atoms with van der Waals surface area (Å²) in [6, 6.07) is 7.01. The molecule has 2 fully saturated rings. The van der Waals surface area contributed by atoms with Crippen molar-refractivity contribution in [3.63, 3.8) is 0 Å². The Balaban J connectivity index is 1.79. The summed E-state index contributed by atoms with van der Waals surface area (Å²) in [5.41, 5.74) is -0.728. The number of ether oxygens (including phenoxy) is 2. The summed E-state index contributed by atoms with van der Waals surface area (Å²) >= 11 is 6.47. The van der Waals surface area contributed by atoms with Crippen LogP contribution in [0.4, 0.5) is 0 Å². The number of nitrogens with zero attached hydrogens (tertiary/aromatic N) is 3. The molecule has 32 heavy (non-hydrogen) atoms. The Morgan fingerprint density at radius 3 is 2.38 bits per heavy atom. The number of piperazine rings is 1. The molecule has 0 radical (unpaired) electrons. The van der Waals surface area contributed by atoms with Crippen LogP contribution in [0.25, 0.3) is 0 Å². The fourth-order valence-electron chi connectivity index (χ4n) is 4.50. The third-order valence-corrected chi connectivity index (χ3v) is 6.65. The SMILES string of the molecule is COCCCN1C(=O)CC(CC(=O)N2CCN(CCOC)CC2)(c2ccccc2Cl)C1=O. The molecule has 2 aliphatic rings. The molecule has 3 amide bonds. The molecule has 1 aromatic carbocycles. The second kappa shape index (κ2) is 11.2. The van der Waals surface area contributed by atoms with Crippen LogP contribution >= 0.6 is 11.6 Å². The van der Waals surface area contributed by atoms with E-state index in [2.05, 4.69) is 4.90 Å². The van der Waals surface area contributed by atoms with Crippen LogP contribution in [-0.4, -0.2) is 99.1 Å². The molecule has 2 saturated heterocycles. The molecule has 8 nitrogen and oxygen atoms in total. The van der Waals surface area contributed by atoms with Crippen LogP contribution < -0.4 is 0 Å². The van der Waals surface area contributed by atoms with Gasteiger partial charge in [-0.15, -0.1) is 0 Å². The minimum Gasteiger partial charge on any atom is -0.385 e. The molecule has 0 saturated carbocycles. The number of rotatable bonds is 10. The number of hydrogen-bond acceptors (Lipinski definition) is 6. The summed E-state index contributed by atoms with van der Waals surface area (Å²) in [5, 5.41) is 0.393. The van der Waals surface area contributed by atoms with E-state index in [0.29, 0.717) is 43.3 Å². The van der Waals surface area contributed by atoms with Crippen molar-refractivity contribution in [3.8, 4) is 0 Å². The number of benzene rings is 1. The predicted molar refractivity (Wildman–Crippen MR) is 120 cm³/mol. The Bertz CT molecular complexity index is 828. The molecule has 0 bridgehead atoms. The molecule has 9 heteroatoms. The number of halogens is 1. The Morgan fingerprint density at radius 2 is 1.72 bits per heavy atom. The van der Waals surface area contributed by atoms with Crippen LogP contribution in [0.1, 0.15) is 24.8 Å². The van der Waals surface area contributed by atoms with Gasteiger partial charge in [0.05, 0.1) is 12.0 Å². The van der Waals surface area contributed by atoms with Crippen LogP contribution in [0.15, 0.2) is 24.3 Å². The molecule has 176 valence electrons. The Hall–Kier alpha value is -2.00. The zero-order valence-corrected chi connectivity index (χ0v) is 19.6. The summed E-state index contributed by atoms with van der Waals surface area (Å²) in [6.45, 7) is 4.87. The number of carbonyl (C=O) groups excluding carboxylic acids is 3. The summed E-state index contributed by atoms with van der Waals surface area (Å²) in [6.07, 6.45) is 0.423. The number of imide groups is 1. The number of hydrogen-bond donors (Lipinski definition) is 0. The van der Waals surface area contributed by atoms with Gasteiger partial charge in [-0.25, -0.2) is 0 Å². The van der Waals surface area contributed by atoms with E-state index in [1.807, 2.05) is 0 Å². The zero-order chi connectivity index (χ0) is 23.1. The highest BCUT2D eigenvalue weighted by Crippen LogP contribution is 2.43. The Morgan fingerprint density at radius 1 is 1.03 bits per heavy atom. The average Bonchev–Trinajstić information content (AvgIpc) is 3.03. The molecule has 0 aliphatic carbocycles. The van der Waals surface area contributed by atoms with E-state index in [-0.39, 0.29) is 37.1 Å². The lowest BCUT2D eigenvalue weighted by molar-refractivity contribution is -0.143. The summed E-state index contributed by atoms with van der Waals surface area (Å²) in [4.78, 5) is 45.1. The number of carbonyl (C=O) groups is 3. The number of methoxy groups -OCH3 is 2. The lowest BCUT2D eigenvalue weighted by Gasteiger charge is -2.36. The van der Waals surface area contributed by atoms with Crippen LogP contribution in [-0.2, 0) is 29.3 Å². The first-order valence-corrected chi connectivity index (χ1v) is 11.4. The van der Waals surface area contributed by atoms with Gasteiger partial charge in [-0.2, -0.15) is 0 Å². The molecule has 1 unspecified atom stereocenters. The van der Waals surface area contributed by atoms with Crippen molar-refractivity contribution < 1.29 is 23.9 Å². The minimum absolute atomic E-state index is 0.0535. The van der Waals surface area contributed by atoms with E-state index in [4.69, 9.17) is 21.1 Å². The second-order valence-corrected chi connectivity index (χ2v) is 8.73. The zero-order valence-electron chi connectivity index (χ0n) is 18.8. The predicted octanol–water partition coefficient (Wildman–Crippen LogP) is 1.55. The van der Waals surface area contributed by atoms with Gasteiger partial charge in [0, 0.05) is 78.0 Å². The molecule has 0 N–H and O–H groups in total. The van der Waals surface area contributed by atoms with Crippen molar-refractivity contribution in [3.05, 3.63) is 34.9 Å². The van der Waals surface area contributed by atoms with E-state index < -0.39 is 5.41 Å². The van der Waals surface area contributed by atoms with Crippen molar-refractivity contribution in [2.24, 2.45) is 0 Å². The van der Waals surface area contributed by atoms with Gasteiger partial charge in [0.25, 0.3) is 0 Å². The second-order valence-electron chi connectivity index (χ2n) is 8.33. The molecule has 1 atom stereocenters. The van der Waals surface area contributed by atoms with Gasteiger partial charge in [-0.3, -0.25) is 24.2 Å². The van der Waals surface area contributed by atoms with Crippen molar-refractivity contribution in [1.29, 1.82) is 0 Å².